The van der Waals surface area contributed by atoms with Crippen molar-refractivity contribution in [3.8, 4) is 23.0 Å². The Bertz CT molecular complexity index is 2620. The van der Waals surface area contributed by atoms with Crippen molar-refractivity contribution in [2.24, 2.45) is 11.8 Å². The number of hydrogen-bond acceptors (Lipinski definition) is 13. The van der Waals surface area contributed by atoms with Crippen molar-refractivity contribution in [1.29, 1.82) is 0 Å². The summed E-state index contributed by atoms with van der Waals surface area (Å²) in [6.45, 7) is 3.59. The maximum atomic E-state index is 10.7. The SMILES string of the molecule is CN1CC[C@]23c4c5ccc(O)c4O[C@H]2[C@@H](O)C=C[C@H]3[C@H]1C5.CN1CC[C@]23c4c5ccc(O)c4O[C@H]2[C@@H](O)C=C[C@H]3[C@H]1C5.Cc1cccc(C(=O)O)c1C(=O)O.O=C(O)c1ccccc1[N+](=O)[O-]. The summed E-state index contributed by atoms with van der Waals surface area (Å²) in [5, 5.41) is 77.5. The number of likely N-dealkylation sites (tertiary alicyclic amines) is 2. The smallest absolute Gasteiger partial charge is 0.342 e. The molecule has 12 rings (SSSR count). The standard InChI is InChI=1S/2C17H19NO3.C9H8O4.C7H5NO4/c2*1-18-7-6-17-10-3-5-13(20)16(17)21-15-12(19)4-2-9(14(15)17)8-11(10)18;1-5-3-2-4-6(8(10)11)7(5)9(12)13;9-7(10)5-3-1-2-4-6(5)8(11)12/h2*2-5,10-11,13,16,19-20H,6-8H2,1H3;2-4H,1H3,(H,10,11)(H,12,13);1-4H,(H,9,10)/t2*10-,11+,13-,16-,17-;;/m00../s1. The Morgan fingerprint density at radius 2 is 1.12 bits per heavy atom. The number of benzene rings is 4. The number of aliphatic hydroxyl groups excluding tert-OH is 2. The molecule has 0 saturated carbocycles. The lowest BCUT2D eigenvalue weighted by atomic mass is 9.53. The van der Waals surface area contributed by atoms with E-state index in [4.69, 9.17) is 24.8 Å². The molecule has 350 valence electrons. The van der Waals surface area contributed by atoms with Crippen molar-refractivity contribution in [3.63, 3.8) is 0 Å². The number of aryl methyl sites for hydroxylation is 1. The van der Waals surface area contributed by atoms with Crippen molar-refractivity contribution in [3.05, 3.63) is 146 Å². The summed E-state index contributed by atoms with van der Waals surface area (Å²) in [5.41, 5.74) is 4.04. The van der Waals surface area contributed by atoms with Crippen LogP contribution in [0, 0.1) is 28.9 Å². The van der Waals surface area contributed by atoms with E-state index in [-0.39, 0.29) is 56.9 Å². The monoisotopic (exact) mass is 917 g/mol. The normalized spacial score (nSPS) is 30.2. The highest BCUT2D eigenvalue weighted by molar-refractivity contribution is 6.02. The highest BCUT2D eigenvalue weighted by atomic mass is 16.6. The van der Waals surface area contributed by atoms with Crippen molar-refractivity contribution in [1.82, 2.24) is 9.80 Å². The van der Waals surface area contributed by atoms with E-state index in [2.05, 4.69) is 36.0 Å². The Morgan fingerprint density at radius 3 is 1.54 bits per heavy atom. The van der Waals surface area contributed by atoms with Crippen LogP contribution in [0.4, 0.5) is 5.69 Å². The third kappa shape index (κ3) is 7.01. The fourth-order valence-corrected chi connectivity index (χ4v) is 12.4. The fourth-order valence-electron chi connectivity index (χ4n) is 12.4. The molecule has 0 aromatic heterocycles. The van der Waals surface area contributed by atoms with Crippen LogP contribution in [0.25, 0.3) is 0 Å². The van der Waals surface area contributed by atoms with E-state index in [1.165, 1.54) is 52.6 Å². The first-order valence-electron chi connectivity index (χ1n) is 22.1. The van der Waals surface area contributed by atoms with Crippen molar-refractivity contribution < 1.29 is 64.5 Å². The van der Waals surface area contributed by atoms with E-state index in [1.54, 1.807) is 25.1 Å². The van der Waals surface area contributed by atoms with Crippen LogP contribution in [0.3, 0.4) is 0 Å². The number of aromatic hydroxyl groups is 2. The van der Waals surface area contributed by atoms with Crippen LogP contribution in [0.15, 0.2) is 91.0 Å². The average molecular weight is 918 g/mol. The molecule has 4 aliphatic carbocycles. The summed E-state index contributed by atoms with van der Waals surface area (Å²) in [4.78, 5) is 46.1. The first kappa shape index (κ1) is 45.4. The van der Waals surface area contributed by atoms with Crippen LogP contribution in [0.2, 0.25) is 0 Å². The highest BCUT2D eigenvalue weighted by Crippen LogP contribution is 2.64. The van der Waals surface area contributed by atoms with Gasteiger partial charge in [0.1, 0.15) is 30.0 Å². The number of aromatic carboxylic acids is 3. The highest BCUT2D eigenvalue weighted by Gasteiger charge is 2.65. The second-order valence-electron chi connectivity index (χ2n) is 18.5. The predicted molar refractivity (Wildman–Crippen MR) is 240 cm³/mol. The minimum absolute atomic E-state index is 0.144. The number of nitro benzene ring substituents is 1. The lowest BCUT2D eigenvalue weighted by molar-refractivity contribution is -0.385. The third-order valence-corrected chi connectivity index (χ3v) is 15.3. The van der Waals surface area contributed by atoms with E-state index in [1.807, 2.05) is 24.3 Å². The zero-order chi connectivity index (χ0) is 47.9. The Morgan fingerprint density at radius 1 is 0.657 bits per heavy atom. The molecule has 67 heavy (non-hydrogen) atoms. The molecule has 4 aromatic rings. The minimum atomic E-state index is -1.29. The molecule has 2 spiro atoms. The van der Waals surface area contributed by atoms with Gasteiger partial charge in [-0.25, -0.2) is 14.4 Å². The number of aliphatic hydroxyl groups is 2. The van der Waals surface area contributed by atoms with Crippen molar-refractivity contribution in [2.45, 2.75) is 79.9 Å². The largest absolute Gasteiger partial charge is 0.504 e. The van der Waals surface area contributed by atoms with Crippen molar-refractivity contribution in [2.75, 3.05) is 27.2 Å². The zero-order valence-electron chi connectivity index (χ0n) is 36.9. The molecule has 8 aliphatic rings. The van der Waals surface area contributed by atoms with Gasteiger partial charge in [0.05, 0.1) is 16.1 Å². The first-order chi connectivity index (χ1) is 31.9. The van der Waals surface area contributed by atoms with E-state index in [0.717, 1.165) is 44.8 Å². The number of para-hydroxylation sites is 1. The van der Waals surface area contributed by atoms with Crippen LogP contribution in [0.5, 0.6) is 23.0 Å². The molecule has 2 fully saturated rings. The molecule has 17 heteroatoms. The molecule has 7 N–H and O–H groups in total. The van der Waals surface area contributed by atoms with Gasteiger partial charge in [-0.15, -0.1) is 0 Å². The Labute approximate surface area is 384 Å². The lowest BCUT2D eigenvalue weighted by Gasteiger charge is -2.56. The molecule has 4 aromatic carbocycles. The second-order valence-corrected chi connectivity index (χ2v) is 18.5. The van der Waals surface area contributed by atoms with E-state index in [9.17, 15) is 44.9 Å². The Hall–Kier alpha value is -6.79. The minimum Gasteiger partial charge on any atom is -0.504 e. The quantitative estimate of drug-likeness (QED) is 0.0800. The molecular weight excluding hydrogens is 867 g/mol. The maximum absolute atomic E-state index is 10.7. The van der Waals surface area contributed by atoms with Crippen LogP contribution in [-0.4, -0.2) is 132 Å². The number of phenols is 2. The molecule has 4 aliphatic heterocycles. The fraction of sp³-hybridized carbons (Fsp3) is 0.380. The number of phenolic OH excluding ortho intramolecular Hbond substituents is 2. The molecule has 0 radical (unpaired) electrons. The third-order valence-electron chi connectivity index (χ3n) is 15.3. The Balaban J connectivity index is 0.000000116. The molecule has 0 amide bonds. The van der Waals surface area contributed by atoms with Gasteiger partial charge in [-0.1, -0.05) is 60.7 Å². The molecule has 0 unspecified atom stereocenters. The van der Waals surface area contributed by atoms with Gasteiger partial charge in [0.2, 0.25) is 0 Å². The van der Waals surface area contributed by atoms with Gasteiger partial charge in [-0.3, -0.25) is 10.1 Å². The van der Waals surface area contributed by atoms with Gasteiger partial charge in [-0.05, 0) is 101 Å². The lowest BCUT2D eigenvalue weighted by Crippen LogP contribution is -2.64. The summed E-state index contributed by atoms with van der Waals surface area (Å²) in [5.74, 6) is -1.34. The molecule has 4 bridgehead atoms. The van der Waals surface area contributed by atoms with Gasteiger partial charge in [0.25, 0.3) is 5.69 Å². The Kier molecular flexibility index (Phi) is 11.4. The molecule has 4 heterocycles. The van der Waals surface area contributed by atoms with Crippen molar-refractivity contribution >= 4 is 23.6 Å². The summed E-state index contributed by atoms with van der Waals surface area (Å²) < 4.78 is 12.2. The van der Waals surface area contributed by atoms with Gasteiger partial charge < -0.3 is 55.0 Å². The zero-order valence-corrected chi connectivity index (χ0v) is 36.9. The number of carbonyl (C=O) groups is 3. The van der Waals surface area contributed by atoms with E-state index in [0.29, 0.717) is 41.0 Å². The molecule has 10 atom stereocenters. The number of ether oxygens (including phenoxy) is 2. The second kappa shape index (κ2) is 16.8. The summed E-state index contributed by atoms with van der Waals surface area (Å²) in [6.07, 6.45) is 10.4. The maximum Gasteiger partial charge on any atom is 0.342 e. The number of nitro groups is 1. The topological polar surface area (TPSA) is 261 Å². The van der Waals surface area contributed by atoms with Crippen LogP contribution in [-0.2, 0) is 23.7 Å². The average Bonchev–Trinajstić information content (AvgIpc) is 3.85. The van der Waals surface area contributed by atoms with E-state index < -0.39 is 35.0 Å². The number of likely N-dealkylation sites (N-methyl/N-ethyl adjacent to an activating group) is 2. The van der Waals surface area contributed by atoms with Gasteiger partial charge in [-0.2, -0.15) is 0 Å². The van der Waals surface area contributed by atoms with Crippen LogP contribution >= 0.6 is 0 Å². The van der Waals surface area contributed by atoms with Gasteiger partial charge in [0.15, 0.2) is 23.0 Å². The summed E-state index contributed by atoms with van der Waals surface area (Å²) in [6, 6.07) is 18.0. The number of nitrogens with zero attached hydrogens (tertiary/aromatic N) is 3. The number of rotatable bonds is 4. The number of piperidine rings is 2. The predicted octanol–water partition coefficient (Wildman–Crippen LogP) is 5.08. The number of carboxylic acids is 3. The molecular formula is C50H51N3O14. The summed E-state index contributed by atoms with van der Waals surface area (Å²) in [7, 11) is 4.38. The van der Waals surface area contributed by atoms with Crippen LogP contribution < -0.4 is 9.47 Å². The number of carboxylic acid groups (broad SMARTS) is 3. The molecule has 17 nitrogen and oxygen atoms in total. The summed E-state index contributed by atoms with van der Waals surface area (Å²) >= 11 is 0. The van der Waals surface area contributed by atoms with Crippen LogP contribution in [0.1, 0.15) is 71.7 Å². The van der Waals surface area contributed by atoms with E-state index >= 15 is 0 Å². The van der Waals surface area contributed by atoms with Gasteiger partial charge >= 0.3 is 17.9 Å². The first-order valence-corrected chi connectivity index (χ1v) is 22.1. The number of hydrogen-bond donors (Lipinski definition) is 7. The molecule has 2 saturated heterocycles. The van der Waals surface area contributed by atoms with Gasteiger partial charge in [0, 0.05) is 51.9 Å².